The van der Waals surface area contributed by atoms with Crippen LogP contribution in [0.15, 0.2) is 28.9 Å². The number of nitrogens with one attached hydrogen (secondary N) is 1. The molecule has 0 radical (unpaired) electrons. The lowest BCUT2D eigenvalue weighted by Crippen LogP contribution is -2.34. The van der Waals surface area contributed by atoms with Crippen molar-refractivity contribution in [3.05, 3.63) is 35.1 Å². The summed E-state index contributed by atoms with van der Waals surface area (Å²) in [6, 6.07) is 3.76. The molecule has 1 fully saturated rings. The molecule has 1 aliphatic heterocycles. The molecule has 1 atom stereocenters. The van der Waals surface area contributed by atoms with E-state index in [2.05, 4.69) is 20.5 Å². The molecule has 0 aromatic carbocycles. The fraction of sp³-hybridized carbons (Fsp3) is 0.438. The van der Waals surface area contributed by atoms with Crippen molar-refractivity contribution in [1.82, 2.24) is 25.4 Å². The normalized spacial score (nSPS) is 17.1. The van der Waals surface area contributed by atoms with Crippen LogP contribution in [0.4, 0.5) is 0 Å². The quantitative estimate of drug-likeness (QED) is 0.581. The van der Waals surface area contributed by atoms with Gasteiger partial charge in [-0.15, -0.1) is 10.2 Å². The third-order valence-corrected chi connectivity index (χ3v) is 5.82. The highest BCUT2D eigenvalue weighted by atomic mass is 32.2. The van der Waals surface area contributed by atoms with Crippen molar-refractivity contribution < 1.29 is 9.59 Å². The van der Waals surface area contributed by atoms with Gasteiger partial charge < -0.3 is 10.2 Å². The van der Waals surface area contributed by atoms with Crippen LogP contribution < -0.4 is 5.32 Å². The molecule has 3 rings (SSSR count). The van der Waals surface area contributed by atoms with Crippen LogP contribution in [0, 0.1) is 12.8 Å². The highest BCUT2D eigenvalue weighted by Crippen LogP contribution is 2.22. The van der Waals surface area contributed by atoms with E-state index in [0.29, 0.717) is 19.6 Å². The minimum Gasteiger partial charge on any atom is -0.355 e. The first-order valence-corrected chi connectivity index (χ1v) is 9.79. The molecule has 9 heteroatoms. The molecule has 0 saturated carbocycles. The molecular weight excluding hydrogens is 358 g/mol. The molecule has 132 valence electrons. The van der Waals surface area contributed by atoms with Gasteiger partial charge >= 0.3 is 0 Å². The topological polar surface area (TPSA) is 88.1 Å². The van der Waals surface area contributed by atoms with Crippen LogP contribution >= 0.6 is 23.1 Å². The Labute approximate surface area is 154 Å². The van der Waals surface area contributed by atoms with Crippen LogP contribution in [0.3, 0.4) is 0 Å². The lowest BCUT2D eigenvalue weighted by Gasteiger charge is -2.16. The molecule has 0 spiro atoms. The highest BCUT2D eigenvalue weighted by molar-refractivity contribution is 8.01. The van der Waals surface area contributed by atoms with Gasteiger partial charge in [0.25, 0.3) is 0 Å². The monoisotopic (exact) mass is 377 g/mol. The van der Waals surface area contributed by atoms with Crippen molar-refractivity contribution >= 4 is 34.9 Å². The summed E-state index contributed by atoms with van der Waals surface area (Å²) in [5.74, 6) is 0.431. The zero-order chi connectivity index (χ0) is 17.6. The Bertz CT molecular complexity index is 737. The molecule has 3 heterocycles. The maximum atomic E-state index is 12.3. The van der Waals surface area contributed by atoms with E-state index >= 15 is 0 Å². The van der Waals surface area contributed by atoms with Gasteiger partial charge in [-0.2, -0.15) is 0 Å². The third-order valence-electron chi connectivity index (χ3n) is 3.84. The standard InChI is InChI=1S/C16H19N5O2S2/c1-11-19-20-16(25-11)24-7-6-18-15(23)13-8-14(22)21(10-13)9-12-2-4-17-5-3-12/h2-5,13H,6-10H2,1H3,(H,18,23). The number of likely N-dealkylation sites (tertiary alicyclic amines) is 1. The van der Waals surface area contributed by atoms with E-state index in [-0.39, 0.29) is 24.2 Å². The van der Waals surface area contributed by atoms with Gasteiger partial charge in [0.15, 0.2) is 4.34 Å². The van der Waals surface area contributed by atoms with Crippen LogP contribution in [0.25, 0.3) is 0 Å². The number of amides is 2. The number of carbonyl (C=O) groups excluding carboxylic acids is 2. The Morgan fingerprint density at radius 1 is 1.40 bits per heavy atom. The average Bonchev–Trinajstić information content (AvgIpc) is 3.18. The number of hydrogen-bond acceptors (Lipinski definition) is 7. The van der Waals surface area contributed by atoms with E-state index in [0.717, 1.165) is 20.7 Å². The predicted molar refractivity (Wildman–Crippen MR) is 96.1 cm³/mol. The summed E-state index contributed by atoms with van der Waals surface area (Å²) in [5.41, 5.74) is 1.02. The second-order valence-electron chi connectivity index (χ2n) is 5.76. The van der Waals surface area contributed by atoms with E-state index in [4.69, 9.17) is 0 Å². The number of hydrogen-bond donors (Lipinski definition) is 1. The van der Waals surface area contributed by atoms with Gasteiger partial charge in [0.2, 0.25) is 11.8 Å². The van der Waals surface area contributed by atoms with Crippen molar-refractivity contribution in [2.75, 3.05) is 18.8 Å². The molecule has 2 amide bonds. The number of nitrogens with zero attached hydrogens (tertiary/aromatic N) is 4. The first kappa shape index (κ1) is 17.8. The van der Waals surface area contributed by atoms with E-state index in [1.54, 1.807) is 40.4 Å². The maximum Gasteiger partial charge on any atom is 0.225 e. The molecule has 1 saturated heterocycles. The summed E-state index contributed by atoms with van der Waals surface area (Å²) in [6.45, 7) is 3.46. The fourth-order valence-corrected chi connectivity index (χ4v) is 4.34. The number of rotatable bonds is 7. The lowest BCUT2D eigenvalue weighted by molar-refractivity contribution is -0.129. The molecule has 25 heavy (non-hydrogen) atoms. The molecular formula is C16H19N5O2S2. The molecule has 0 bridgehead atoms. The highest BCUT2D eigenvalue weighted by Gasteiger charge is 2.33. The molecule has 0 aliphatic carbocycles. The Morgan fingerprint density at radius 3 is 2.92 bits per heavy atom. The van der Waals surface area contributed by atoms with Crippen molar-refractivity contribution in [1.29, 1.82) is 0 Å². The fourth-order valence-electron chi connectivity index (χ4n) is 2.60. The summed E-state index contributed by atoms with van der Waals surface area (Å²) in [7, 11) is 0. The van der Waals surface area contributed by atoms with Crippen molar-refractivity contribution in [2.24, 2.45) is 5.92 Å². The van der Waals surface area contributed by atoms with Gasteiger partial charge in [0.05, 0.1) is 5.92 Å². The second kappa shape index (κ2) is 8.39. The Morgan fingerprint density at radius 2 is 2.20 bits per heavy atom. The number of carbonyl (C=O) groups is 2. The summed E-state index contributed by atoms with van der Waals surface area (Å²) in [4.78, 5) is 30.1. The molecule has 1 N–H and O–H groups in total. The van der Waals surface area contributed by atoms with Gasteiger partial charge in [-0.25, -0.2) is 0 Å². The van der Waals surface area contributed by atoms with Gasteiger partial charge in [-0.3, -0.25) is 14.6 Å². The first-order chi connectivity index (χ1) is 12.1. The zero-order valence-electron chi connectivity index (χ0n) is 13.8. The molecule has 1 unspecified atom stereocenters. The van der Waals surface area contributed by atoms with Crippen LogP contribution in [-0.2, 0) is 16.1 Å². The van der Waals surface area contributed by atoms with Crippen molar-refractivity contribution in [3.8, 4) is 0 Å². The Balaban J connectivity index is 1.41. The number of aryl methyl sites for hydroxylation is 1. The summed E-state index contributed by atoms with van der Waals surface area (Å²) >= 11 is 3.12. The van der Waals surface area contributed by atoms with Crippen molar-refractivity contribution in [2.45, 2.75) is 24.2 Å². The number of pyridine rings is 1. The van der Waals surface area contributed by atoms with Gasteiger partial charge in [-0.1, -0.05) is 23.1 Å². The molecule has 2 aromatic heterocycles. The van der Waals surface area contributed by atoms with Gasteiger partial charge in [0.1, 0.15) is 5.01 Å². The van der Waals surface area contributed by atoms with E-state index < -0.39 is 0 Å². The van der Waals surface area contributed by atoms with E-state index in [1.165, 1.54) is 0 Å². The Kier molecular flexibility index (Phi) is 5.98. The van der Waals surface area contributed by atoms with Gasteiger partial charge in [-0.05, 0) is 24.6 Å². The largest absolute Gasteiger partial charge is 0.355 e. The first-order valence-electron chi connectivity index (χ1n) is 7.99. The van der Waals surface area contributed by atoms with Crippen LogP contribution in [-0.4, -0.2) is 50.7 Å². The minimum atomic E-state index is -0.275. The summed E-state index contributed by atoms with van der Waals surface area (Å²) < 4.78 is 0.909. The molecule has 2 aromatic rings. The number of aromatic nitrogens is 3. The van der Waals surface area contributed by atoms with Crippen molar-refractivity contribution in [3.63, 3.8) is 0 Å². The predicted octanol–water partition coefficient (Wildman–Crippen LogP) is 1.50. The smallest absolute Gasteiger partial charge is 0.225 e. The van der Waals surface area contributed by atoms with Crippen LogP contribution in [0.2, 0.25) is 0 Å². The lowest BCUT2D eigenvalue weighted by atomic mass is 10.1. The Hall–Kier alpha value is -2.00. The van der Waals surface area contributed by atoms with Gasteiger partial charge in [0, 0.05) is 44.2 Å². The zero-order valence-corrected chi connectivity index (χ0v) is 15.5. The third kappa shape index (κ3) is 4.99. The summed E-state index contributed by atoms with van der Waals surface area (Å²) in [5, 5.41) is 11.8. The van der Waals surface area contributed by atoms with E-state index in [1.807, 2.05) is 19.1 Å². The molecule has 7 nitrogen and oxygen atoms in total. The molecule has 1 aliphatic rings. The average molecular weight is 377 g/mol. The van der Waals surface area contributed by atoms with E-state index in [9.17, 15) is 9.59 Å². The second-order valence-corrected chi connectivity index (χ2v) is 8.28. The summed E-state index contributed by atoms with van der Waals surface area (Å²) in [6.07, 6.45) is 3.69. The van der Waals surface area contributed by atoms with Crippen LogP contribution in [0.1, 0.15) is 17.0 Å². The SMILES string of the molecule is Cc1nnc(SCCNC(=O)C2CC(=O)N(Cc3ccncc3)C2)s1. The van der Waals surface area contributed by atoms with Crippen LogP contribution in [0.5, 0.6) is 0 Å². The maximum absolute atomic E-state index is 12.3. The minimum absolute atomic E-state index is 0.0238. The number of thioether (sulfide) groups is 1.